The van der Waals surface area contributed by atoms with E-state index >= 15 is 0 Å². The molecule has 2 heterocycles. The normalized spacial score (nSPS) is 12.2. The molecule has 3 aromatic rings. The maximum absolute atomic E-state index is 12.7. The van der Waals surface area contributed by atoms with Crippen molar-refractivity contribution in [2.24, 2.45) is 14.1 Å². The standard InChI is InChI=1S/C28H43N5O6/c1-31-19-30-26-24(31)27(35)33(28(36)32(26)2)14-12-10-8-6-7-9-11-13-21(34)18-29-17-20-15-22(37-3)25(39-5)23(16-20)38-4/h15-16,19,21,29,34H,6-14,17-18H2,1-5H3. The molecule has 3 rings (SSSR count). The van der Waals surface area contributed by atoms with Crippen molar-refractivity contribution in [1.29, 1.82) is 0 Å². The van der Waals surface area contributed by atoms with E-state index in [1.165, 1.54) is 9.13 Å². The second-order valence-corrected chi connectivity index (χ2v) is 9.91. The molecule has 1 atom stereocenters. The van der Waals surface area contributed by atoms with Crippen LogP contribution in [0.2, 0.25) is 0 Å². The Morgan fingerprint density at radius 3 is 2.15 bits per heavy atom. The summed E-state index contributed by atoms with van der Waals surface area (Å²) in [4.78, 5) is 29.5. The van der Waals surface area contributed by atoms with E-state index in [1.54, 1.807) is 46.3 Å². The van der Waals surface area contributed by atoms with Gasteiger partial charge in [0.2, 0.25) is 5.75 Å². The predicted octanol–water partition coefficient (Wildman–Crippen LogP) is 2.73. The number of aryl methyl sites for hydroxylation is 2. The van der Waals surface area contributed by atoms with Gasteiger partial charge in [-0.1, -0.05) is 38.5 Å². The van der Waals surface area contributed by atoms with Crippen LogP contribution in [0, 0.1) is 0 Å². The van der Waals surface area contributed by atoms with Gasteiger partial charge in [-0.05, 0) is 30.5 Å². The number of ether oxygens (including phenoxy) is 3. The molecule has 216 valence electrons. The molecule has 11 nitrogen and oxygen atoms in total. The van der Waals surface area contributed by atoms with E-state index in [-0.39, 0.29) is 11.2 Å². The van der Waals surface area contributed by atoms with Gasteiger partial charge in [-0.3, -0.25) is 13.9 Å². The number of hydrogen-bond donors (Lipinski definition) is 2. The molecule has 1 unspecified atom stereocenters. The van der Waals surface area contributed by atoms with Gasteiger partial charge in [0.1, 0.15) is 0 Å². The fraction of sp³-hybridized carbons (Fsp3) is 0.607. The minimum absolute atomic E-state index is 0.274. The predicted molar refractivity (Wildman–Crippen MR) is 151 cm³/mol. The first-order chi connectivity index (χ1) is 18.8. The Labute approximate surface area is 229 Å². The SMILES string of the molecule is COc1cc(CNCC(O)CCCCCCCCCn2c(=O)c3c(ncn3C)n(C)c2=O)cc(OC)c1OC. The van der Waals surface area contributed by atoms with Crippen LogP contribution in [-0.4, -0.2) is 57.8 Å². The van der Waals surface area contributed by atoms with Crippen LogP contribution in [0.5, 0.6) is 17.2 Å². The van der Waals surface area contributed by atoms with E-state index in [1.807, 2.05) is 12.1 Å². The Morgan fingerprint density at radius 2 is 1.54 bits per heavy atom. The molecule has 0 saturated heterocycles. The third-order valence-electron chi connectivity index (χ3n) is 7.05. The van der Waals surface area contributed by atoms with Crippen LogP contribution in [0.3, 0.4) is 0 Å². The second kappa shape index (κ2) is 14.7. The number of nitrogens with zero attached hydrogens (tertiary/aromatic N) is 4. The van der Waals surface area contributed by atoms with Crippen molar-refractivity contribution in [2.45, 2.75) is 70.6 Å². The highest BCUT2D eigenvalue weighted by molar-refractivity contribution is 5.69. The van der Waals surface area contributed by atoms with Crippen LogP contribution in [0.15, 0.2) is 28.0 Å². The fourth-order valence-corrected chi connectivity index (χ4v) is 4.85. The van der Waals surface area contributed by atoms with Crippen molar-refractivity contribution in [2.75, 3.05) is 27.9 Å². The van der Waals surface area contributed by atoms with Gasteiger partial charge in [-0.25, -0.2) is 9.78 Å². The molecule has 39 heavy (non-hydrogen) atoms. The van der Waals surface area contributed by atoms with E-state index in [2.05, 4.69) is 10.3 Å². The van der Waals surface area contributed by atoms with Crippen LogP contribution in [-0.2, 0) is 27.2 Å². The number of hydrogen-bond acceptors (Lipinski definition) is 8. The number of methoxy groups -OCH3 is 3. The van der Waals surface area contributed by atoms with Gasteiger partial charge in [0.05, 0.1) is 33.8 Å². The van der Waals surface area contributed by atoms with Crippen molar-refractivity contribution >= 4 is 11.2 Å². The zero-order valence-electron chi connectivity index (χ0n) is 23.9. The van der Waals surface area contributed by atoms with Gasteiger partial charge in [-0.2, -0.15) is 0 Å². The average molecular weight is 546 g/mol. The summed E-state index contributed by atoms with van der Waals surface area (Å²) in [6, 6.07) is 3.80. The van der Waals surface area contributed by atoms with E-state index in [9.17, 15) is 14.7 Å². The van der Waals surface area contributed by atoms with Gasteiger partial charge in [0.25, 0.3) is 5.56 Å². The number of rotatable bonds is 17. The summed E-state index contributed by atoms with van der Waals surface area (Å²) in [6.07, 6.45) is 8.98. The lowest BCUT2D eigenvalue weighted by Crippen LogP contribution is -2.39. The number of aliphatic hydroxyl groups is 1. The highest BCUT2D eigenvalue weighted by Gasteiger charge is 2.15. The molecule has 2 N–H and O–H groups in total. The minimum atomic E-state index is -0.398. The van der Waals surface area contributed by atoms with Gasteiger partial charge in [-0.15, -0.1) is 0 Å². The average Bonchev–Trinajstić information content (AvgIpc) is 3.33. The largest absolute Gasteiger partial charge is 0.493 e. The lowest BCUT2D eigenvalue weighted by Gasteiger charge is -2.15. The van der Waals surface area contributed by atoms with E-state index in [4.69, 9.17) is 14.2 Å². The zero-order valence-corrected chi connectivity index (χ0v) is 23.9. The lowest BCUT2D eigenvalue weighted by atomic mass is 10.1. The van der Waals surface area contributed by atoms with Crippen LogP contribution in [0.4, 0.5) is 0 Å². The van der Waals surface area contributed by atoms with Crippen molar-refractivity contribution < 1.29 is 19.3 Å². The molecule has 0 radical (unpaired) electrons. The number of aromatic nitrogens is 4. The number of aliphatic hydroxyl groups excluding tert-OH is 1. The molecule has 0 aliphatic carbocycles. The molecular weight excluding hydrogens is 502 g/mol. The summed E-state index contributed by atoms with van der Waals surface area (Å²) in [5.41, 5.74) is 1.27. The monoisotopic (exact) mass is 545 g/mol. The van der Waals surface area contributed by atoms with Crippen LogP contribution < -0.4 is 30.8 Å². The summed E-state index contributed by atoms with van der Waals surface area (Å²) in [5.74, 6) is 1.78. The molecule has 0 fully saturated rings. The molecule has 0 spiro atoms. The molecular formula is C28H43N5O6. The van der Waals surface area contributed by atoms with Gasteiger partial charge in [0.15, 0.2) is 22.7 Å². The Morgan fingerprint density at radius 1 is 0.923 bits per heavy atom. The van der Waals surface area contributed by atoms with Crippen LogP contribution in [0.25, 0.3) is 11.2 Å². The van der Waals surface area contributed by atoms with Gasteiger partial charge >= 0.3 is 5.69 Å². The van der Waals surface area contributed by atoms with Crippen molar-refractivity contribution in [3.05, 3.63) is 44.9 Å². The maximum atomic E-state index is 12.7. The minimum Gasteiger partial charge on any atom is -0.493 e. The first-order valence-electron chi connectivity index (χ1n) is 13.6. The van der Waals surface area contributed by atoms with E-state index in [0.717, 1.165) is 56.9 Å². The maximum Gasteiger partial charge on any atom is 0.332 e. The van der Waals surface area contributed by atoms with Crippen molar-refractivity contribution in [3.63, 3.8) is 0 Å². The van der Waals surface area contributed by atoms with Crippen LogP contribution in [0.1, 0.15) is 56.9 Å². The first-order valence-corrected chi connectivity index (χ1v) is 13.6. The number of imidazole rings is 1. The number of nitrogens with one attached hydrogen (secondary N) is 1. The summed E-state index contributed by atoms with van der Waals surface area (Å²) in [7, 11) is 8.17. The summed E-state index contributed by atoms with van der Waals surface area (Å²) in [6.45, 7) is 1.52. The quantitative estimate of drug-likeness (QED) is 0.248. The molecule has 1 aromatic carbocycles. The zero-order chi connectivity index (χ0) is 28.4. The van der Waals surface area contributed by atoms with Crippen LogP contribution >= 0.6 is 0 Å². The lowest BCUT2D eigenvalue weighted by molar-refractivity contribution is 0.157. The van der Waals surface area contributed by atoms with E-state index < -0.39 is 6.10 Å². The van der Waals surface area contributed by atoms with Crippen molar-refractivity contribution in [3.8, 4) is 17.2 Å². The van der Waals surface area contributed by atoms with Gasteiger partial charge < -0.3 is 29.2 Å². The molecule has 0 amide bonds. The molecule has 2 aromatic heterocycles. The number of benzene rings is 1. The third-order valence-corrected chi connectivity index (χ3v) is 7.05. The smallest absolute Gasteiger partial charge is 0.332 e. The Balaban J connectivity index is 1.28. The molecule has 0 aliphatic heterocycles. The molecule has 11 heteroatoms. The molecule has 0 aliphatic rings. The first kappa shape index (κ1) is 30.2. The highest BCUT2D eigenvalue weighted by atomic mass is 16.5. The Hall–Kier alpha value is -3.31. The molecule has 0 bridgehead atoms. The number of fused-ring (bicyclic) bond motifs is 1. The van der Waals surface area contributed by atoms with E-state index in [0.29, 0.717) is 48.0 Å². The summed E-state index contributed by atoms with van der Waals surface area (Å²) >= 11 is 0. The summed E-state index contributed by atoms with van der Waals surface area (Å²) < 4.78 is 20.6. The highest BCUT2D eigenvalue weighted by Crippen LogP contribution is 2.38. The fourth-order valence-electron chi connectivity index (χ4n) is 4.85. The molecule has 0 saturated carbocycles. The Bertz CT molecular complexity index is 1300. The third kappa shape index (κ3) is 7.63. The van der Waals surface area contributed by atoms with Crippen molar-refractivity contribution in [1.82, 2.24) is 24.0 Å². The topological polar surface area (TPSA) is 122 Å². The Kier molecular flexibility index (Phi) is 11.4. The van der Waals surface area contributed by atoms with Gasteiger partial charge in [0, 0.05) is 33.7 Å². The number of unbranched alkanes of at least 4 members (excludes halogenated alkanes) is 6. The summed E-state index contributed by atoms with van der Waals surface area (Å²) in [5, 5.41) is 13.6. The second-order valence-electron chi connectivity index (χ2n) is 9.91.